The molecule has 1 heterocycles. The van der Waals surface area contributed by atoms with Crippen molar-refractivity contribution in [1.82, 2.24) is 4.90 Å². The average molecular weight is 201 g/mol. The molecule has 0 unspecified atom stereocenters. The Bertz CT molecular complexity index is 133. The topological polar surface area (TPSA) is 32.7 Å². The van der Waals surface area contributed by atoms with Crippen molar-refractivity contribution in [2.45, 2.75) is 25.7 Å². The minimum atomic E-state index is 0.355. The molecule has 0 aromatic heterocycles. The highest BCUT2D eigenvalue weighted by atomic mass is 16.5. The van der Waals surface area contributed by atoms with Crippen LogP contribution in [0, 0.1) is 5.92 Å². The van der Waals surface area contributed by atoms with Crippen molar-refractivity contribution in [2.24, 2.45) is 5.92 Å². The number of likely N-dealkylation sites (tertiary alicyclic amines) is 1. The zero-order chi connectivity index (χ0) is 10.2. The quantitative estimate of drug-likeness (QED) is 0.654. The van der Waals surface area contributed by atoms with Gasteiger partial charge < -0.3 is 14.7 Å². The predicted molar refractivity (Wildman–Crippen MR) is 57.4 cm³/mol. The number of rotatable bonds is 6. The highest BCUT2D eigenvalue weighted by molar-refractivity contribution is 4.71. The Morgan fingerprint density at radius 1 is 1.36 bits per heavy atom. The second-order valence-corrected chi connectivity index (χ2v) is 4.14. The number of nitrogens with zero attached hydrogens (tertiary/aromatic N) is 1. The number of ether oxygens (including phenoxy) is 1. The maximum atomic E-state index is 8.83. The van der Waals surface area contributed by atoms with Crippen molar-refractivity contribution in [3.63, 3.8) is 0 Å². The van der Waals surface area contributed by atoms with Gasteiger partial charge in [0.25, 0.3) is 0 Å². The number of aliphatic hydroxyl groups excluding tert-OH is 1. The minimum Gasteiger partial charge on any atom is -0.396 e. The van der Waals surface area contributed by atoms with Crippen LogP contribution in [0.3, 0.4) is 0 Å². The average Bonchev–Trinajstić information content (AvgIpc) is 2.21. The van der Waals surface area contributed by atoms with E-state index in [4.69, 9.17) is 9.84 Å². The molecule has 1 aliphatic rings. The second kappa shape index (κ2) is 7.21. The van der Waals surface area contributed by atoms with Crippen molar-refractivity contribution < 1.29 is 9.84 Å². The van der Waals surface area contributed by atoms with Gasteiger partial charge in [-0.1, -0.05) is 0 Å². The summed E-state index contributed by atoms with van der Waals surface area (Å²) in [6.07, 6.45) is 4.65. The first-order valence-corrected chi connectivity index (χ1v) is 5.69. The van der Waals surface area contributed by atoms with Crippen LogP contribution in [0.1, 0.15) is 25.7 Å². The highest BCUT2D eigenvalue weighted by Gasteiger charge is 2.17. The summed E-state index contributed by atoms with van der Waals surface area (Å²) in [4.78, 5) is 2.51. The van der Waals surface area contributed by atoms with Gasteiger partial charge in [0.1, 0.15) is 0 Å². The lowest BCUT2D eigenvalue weighted by atomic mass is 9.94. The molecule has 1 N–H and O–H groups in total. The van der Waals surface area contributed by atoms with Crippen molar-refractivity contribution >= 4 is 0 Å². The van der Waals surface area contributed by atoms with Crippen LogP contribution in [0.4, 0.5) is 0 Å². The van der Waals surface area contributed by atoms with Crippen LogP contribution in [-0.2, 0) is 4.74 Å². The maximum absolute atomic E-state index is 8.83. The summed E-state index contributed by atoms with van der Waals surface area (Å²) in [5.41, 5.74) is 0. The van der Waals surface area contributed by atoms with Crippen molar-refractivity contribution in [3.05, 3.63) is 0 Å². The first kappa shape index (κ1) is 12.0. The lowest BCUT2D eigenvalue weighted by molar-refractivity contribution is 0.136. The molecule has 84 valence electrons. The number of aliphatic hydroxyl groups is 1. The number of hydrogen-bond donors (Lipinski definition) is 1. The number of hydrogen-bond acceptors (Lipinski definition) is 3. The first-order chi connectivity index (χ1) is 6.86. The van der Waals surface area contributed by atoms with Crippen LogP contribution in [0.2, 0.25) is 0 Å². The summed E-state index contributed by atoms with van der Waals surface area (Å²) >= 11 is 0. The molecule has 0 spiro atoms. The Hall–Kier alpha value is -0.120. The molecular weight excluding hydrogens is 178 g/mol. The third kappa shape index (κ3) is 4.40. The van der Waals surface area contributed by atoms with Gasteiger partial charge in [-0.2, -0.15) is 0 Å². The second-order valence-electron chi connectivity index (χ2n) is 4.14. The van der Waals surface area contributed by atoms with Gasteiger partial charge in [0.15, 0.2) is 0 Å². The van der Waals surface area contributed by atoms with Crippen LogP contribution < -0.4 is 0 Å². The van der Waals surface area contributed by atoms with Crippen molar-refractivity contribution in [2.75, 3.05) is 40.0 Å². The fourth-order valence-electron chi connectivity index (χ4n) is 2.11. The molecular formula is C11H23NO2. The molecule has 3 nitrogen and oxygen atoms in total. The van der Waals surface area contributed by atoms with Gasteiger partial charge in [-0.15, -0.1) is 0 Å². The fourth-order valence-corrected chi connectivity index (χ4v) is 2.11. The van der Waals surface area contributed by atoms with Crippen LogP contribution in [0.5, 0.6) is 0 Å². The predicted octanol–water partition coefficient (Wildman–Crippen LogP) is 1.12. The summed E-state index contributed by atoms with van der Waals surface area (Å²) in [5, 5.41) is 8.83. The molecule has 0 radical (unpaired) electrons. The summed E-state index contributed by atoms with van der Waals surface area (Å²) < 4.78 is 5.03. The normalized spacial score (nSPS) is 20.1. The molecule has 1 rings (SSSR count). The molecule has 0 amide bonds. The molecule has 1 aliphatic heterocycles. The van der Waals surface area contributed by atoms with E-state index in [2.05, 4.69) is 4.90 Å². The van der Waals surface area contributed by atoms with Crippen LogP contribution in [0.15, 0.2) is 0 Å². The van der Waals surface area contributed by atoms with E-state index in [-0.39, 0.29) is 0 Å². The zero-order valence-corrected chi connectivity index (χ0v) is 9.24. The van der Waals surface area contributed by atoms with Gasteiger partial charge in [0.2, 0.25) is 0 Å². The molecule has 0 atom stereocenters. The molecule has 0 aromatic carbocycles. The number of methoxy groups -OCH3 is 1. The molecule has 14 heavy (non-hydrogen) atoms. The van der Waals surface area contributed by atoms with Crippen molar-refractivity contribution in [1.29, 1.82) is 0 Å². The SMILES string of the molecule is COCCCN1CCC(CCO)CC1. The molecule has 0 aromatic rings. The van der Waals surface area contributed by atoms with Gasteiger partial charge in [0.05, 0.1) is 0 Å². The Balaban J connectivity index is 2.03. The van der Waals surface area contributed by atoms with E-state index in [1.165, 1.54) is 32.5 Å². The third-order valence-electron chi connectivity index (χ3n) is 3.07. The van der Waals surface area contributed by atoms with E-state index in [1.54, 1.807) is 7.11 Å². The molecule has 0 bridgehead atoms. The lowest BCUT2D eigenvalue weighted by Gasteiger charge is -2.31. The smallest absolute Gasteiger partial charge is 0.0474 e. The lowest BCUT2D eigenvalue weighted by Crippen LogP contribution is -2.35. The Labute approximate surface area is 87.1 Å². The monoisotopic (exact) mass is 201 g/mol. The van der Waals surface area contributed by atoms with E-state index in [9.17, 15) is 0 Å². The number of piperidine rings is 1. The molecule has 1 fully saturated rings. The van der Waals surface area contributed by atoms with E-state index >= 15 is 0 Å². The van der Waals surface area contributed by atoms with Crippen molar-refractivity contribution in [3.8, 4) is 0 Å². The van der Waals surface area contributed by atoms with Gasteiger partial charge >= 0.3 is 0 Å². The Morgan fingerprint density at radius 3 is 2.64 bits per heavy atom. The summed E-state index contributed by atoms with van der Waals surface area (Å²) in [6.45, 7) is 4.80. The van der Waals surface area contributed by atoms with Gasteiger partial charge in [-0.3, -0.25) is 0 Å². The summed E-state index contributed by atoms with van der Waals surface area (Å²) in [5.74, 6) is 0.763. The van der Waals surface area contributed by atoms with E-state index < -0.39 is 0 Å². The Kier molecular flexibility index (Phi) is 6.15. The van der Waals surface area contributed by atoms with E-state index in [1.807, 2.05) is 0 Å². The summed E-state index contributed by atoms with van der Waals surface area (Å²) in [7, 11) is 1.76. The van der Waals surface area contributed by atoms with Gasteiger partial charge in [0, 0.05) is 26.9 Å². The molecule has 3 heteroatoms. The summed E-state index contributed by atoms with van der Waals surface area (Å²) in [6, 6.07) is 0. The maximum Gasteiger partial charge on any atom is 0.0474 e. The van der Waals surface area contributed by atoms with Gasteiger partial charge in [-0.25, -0.2) is 0 Å². The van der Waals surface area contributed by atoms with Crippen LogP contribution in [0.25, 0.3) is 0 Å². The van der Waals surface area contributed by atoms with E-state index in [0.717, 1.165) is 25.4 Å². The van der Waals surface area contributed by atoms with Crippen LogP contribution >= 0.6 is 0 Å². The highest BCUT2D eigenvalue weighted by Crippen LogP contribution is 2.19. The molecule has 0 aliphatic carbocycles. The first-order valence-electron chi connectivity index (χ1n) is 5.69. The van der Waals surface area contributed by atoms with E-state index in [0.29, 0.717) is 6.61 Å². The minimum absolute atomic E-state index is 0.355. The largest absolute Gasteiger partial charge is 0.396 e. The zero-order valence-electron chi connectivity index (χ0n) is 9.24. The molecule has 1 saturated heterocycles. The molecule has 0 saturated carbocycles. The standard InChI is InChI=1S/C11H23NO2/c1-14-10-2-6-12-7-3-11(4-8-12)5-9-13/h11,13H,2-10H2,1H3. The van der Waals surface area contributed by atoms with Crippen LogP contribution in [-0.4, -0.2) is 50.0 Å². The fraction of sp³-hybridized carbons (Fsp3) is 1.00. The third-order valence-corrected chi connectivity index (χ3v) is 3.07. The van der Waals surface area contributed by atoms with Gasteiger partial charge in [-0.05, 0) is 44.7 Å². The Morgan fingerprint density at radius 2 is 2.07 bits per heavy atom.